The van der Waals surface area contributed by atoms with Gasteiger partial charge in [-0.1, -0.05) is 71.6 Å². The lowest BCUT2D eigenvalue weighted by atomic mass is 10.1. The third-order valence-corrected chi connectivity index (χ3v) is 17.8. The van der Waals surface area contributed by atoms with Crippen molar-refractivity contribution >= 4 is 90.3 Å². The van der Waals surface area contributed by atoms with Crippen LogP contribution in [0.2, 0.25) is 36.3 Å². The average Bonchev–Trinajstić information content (AvgIpc) is 2.95. The molecule has 0 saturated carbocycles. The van der Waals surface area contributed by atoms with Crippen LogP contribution in [0.1, 0.15) is 130 Å². The fourth-order valence-electron chi connectivity index (χ4n) is 3.67. The first-order valence-corrected chi connectivity index (χ1v) is 26.6. The normalized spacial score (nSPS) is 12.8. The van der Waals surface area contributed by atoms with E-state index in [4.69, 9.17) is 27.8 Å². The predicted molar refractivity (Wildman–Crippen MR) is 256 cm³/mol. The molecule has 0 aliphatic rings. The van der Waals surface area contributed by atoms with E-state index in [9.17, 15) is 19.2 Å². The van der Waals surface area contributed by atoms with Crippen molar-refractivity contribution in [1.82, 2.24) is 10.2 Å². The van der Waals surface area contributed by atoms with Crippen LogP contribution in [-0.2, 0) is 37.4 Å². The Morgan fingerprint density at radius 1 is 0.643 bits per heavy atom. The summed E-state index contributed by atoms with van der Waals surface area (Å²) in [6.45, 7) is 37.2. The first kappa shape index (κ1) is 67.1. The molecule has 0 unspecified atom stereocenters. The van der Waals surface area contributed by atoms with Crippen LogP contribution in [0, 0.1) is 0 Å². The van der Waals surface area contributed by atoms with Crippen LogP contribution < -0.4 is 5.32 Å². The van der Waals surface area contributed by atoms with E-state index >= 15 is 0 Å². The molecule has 0 heterocycles. The first-order chi connectivity index (χ1) is 23.7. The molecule has 12 nitrogen and oxygen atoms in total. The Kier molecular flexibility index (Phi) is 36.3. The molecule has 0 saturated heterocycles. The summed E-state index contributed by atoms with van der Waals surface area (Å²) < 4.78 is 33.3. The number of rotatable bonds is 16. The van der Waals surface area contributed by atoms with E-state index in [1.54, 1.807) is 11.9 Å². The molecule has 0 aromatic heterocycles. The zero-order chi connectivity index (χ0) is 42.6. The summed E-state index contributed by atoms with van der Waals surface area (Å²) in [6, 6.07) is -0.311. The van der Waals surface area contributed by atoms with Crippen LogP contribution in [0.4, 0.5) is 9.59 Å². The highest BCUT2D eigenvalue weighted by molar-refractivity contribution is 14.1. The Bertz CT molecular complexity index is 1090. The van der Waals surface area contributed by atoms with E-state index in [0.29, 0.717) is 52.1 Å². The largest absolute Gasteiger partial charge is 0.466 e. The third kappa shape index (κ3) is 34.2. The number of likely N-dealkylation sites (N-methyl/N-ethyl adjacent to an activating group) is 1. The van der Waals surface area contributed by atoms with Gasteiger partial charge < -0.3 is 38.0 Å². The van der Waals surface area contributed by atoms with Crippen molar-refractivity contribution in [2.24, 2.45) is 0 Å². The van der Waals surface area contributed by atoms with Gasteiger partial charge in [-0.3, -0.25) is 9.59 Å². The number of nitrogens with zero attached hydrogens (tertiary/aromatic N) is 1. The fourth-order valence-corrected chi connectivity index (χ4v) is 5.76. The van der Waals surface area contributed by atoms with Gasteiger partial charge in [0.15, 0.2) is 16.6 Å². The summed E-state index contributed by atoms with van der Waals surface area (Å²) in [5.74, 6) is -0.589. The Morgan fingerprint density at radius 3 is 1.34 bits per heavy atom. The molecule has 0 radical (unpaired) electrons. The van der Waals surface area contributed by atoms with Gasteiger partial charge in [-0.2, -0.15) is 27.0 Å². The van der Waals surface area contributed by atoms with Gasteiger partial charge in [0, 0.05) is 20.9 Å². The van der Waals surface area contributed by atoms with E-state index < -0.39 is 33.9 Å². The van der Waals surface area contributed by atoms with Crippen LogP contribution in [-0.4, -0.2) is 107 Å². The summed E-state index contributed by atoms with van der Waals surface area (Å²) in [5, 5.41) is 3.08. The Morgan fingerprint density at radius 2 is 1.00 bits per heavy atom. The minimum absolute atomic E-state index is 0. The van der Waals surface area contributed by atoms with Gasteiger partial charge in [0.25, 0.3) is 0 Å². The van der Waals surface area contributed by atoms with Gasteiger partial charge in [-0.05, 0) is 108 Å². The van der Waals surface area contributed by atoms with Crippen LogP contribution in [0.3, 0.4) is 0 Å². The molecule has 1 N–H and O–H groups in total. The number of amides is 2. The molecule has 17 heteroatoms. The molecule has 0 fully saturated rings. The Hall–Kier alpha value is -0.736. The number of hydrogen-bond donors (Lipinski definition) is 1. The molecular weight excluding hydrogens is 904 g/mol. The number of alkyl carbamates (subject to hydrolysis) is 1. The van der Waals surface area contributed by atoms with E-state index in [1.165, 1.54) is 13.8 Å². The fraction of sp³-hybridized carbons (Fsp3) is 0.897. The number of esters is 2. The first-order valence-electron chi connectivity index (χ1n) is 18.6. The highest BCUT2D eigenvalue weighted by Crippen LogP contribution is 2.37. The molecule has 340 valence electrons. The number of carbonyl (C=O) groups excluding carboxylic acids is 4. The summed E-state index contributed by atoms with van der Waals surface area (Å²) in [4.78, 5) is 49.9. The number of nitrogens with one attached hydrogen (secondary N) is 1. The van der Waals surface area contributed by atoms with Crippen molar-refractivity contribution in [2.45, 2.75) is 190 Å². The van der Waals surface area contributed by atoms with E-state index in [-0.39, 0.29) is 74.6 Å². The summed E-state index contributed by atoms with van der Waals surface area (Å²) in [6.07, 6.45) is 1.83. The number of ether oxygens (including phenoxy) is 4. The SMILES string of the molecule is C.CC(=O)OCCC[C@@H](CO[Si](C)(C)C(C)(C)C)N(C)C(=O)OC(C)(C)C.CC(=O)OCCC[C@@H](CO[Si](C)(C)C(C)(C)C)NC(=O)OC(C)(C)C.CI.S.S. The van der Waals surface area contributed by atoms with Crippen molar-refractivity contribution in [3.05, 3.63) is 0 Å². The average molecular weight is 991 g/mol. The number of halogens is 1. The lowest BCUT2D eigenvalue weighted by Crippen LogP contribution is -2.48. The topological polar surface area (TPSA) is 139 Å². The standard InChI is InChI=1S/C19H39NO5Si.C18H37NO5Si.CH3I.CH4.2H2S/c1-15(21)23-13-11-12-16(14-24-26(9,10)19(5,6)7)20(8)17(22)25-18(2,3)4;1-14(20)22-12-10-11-15(19-16(21)24-17(2,3)4)13-23-25(8,9)18(5,6)7;1-2;;;/h16H,11-14H2,1-10H3;15H,10-13H2,1-9H3,(H,19,21);1H3;1H4;2*1H2/t16-;15-;;;;/m00..../s1. The van der Waals surface area contributed by atoms with Gasteiger partial charge in [-0.25, -0.2) is 9.59 Å². The zero-order valence-electron chi connectivity index (χ0n) is 38.2. The van der Waals surface area contributed by atoms with Crippen LogP contribution in [0.25, 0.3) is 0 Å². The van der Waals surface area contributed by atoms with E-state index in [0.717, 1.165) is 0 Å². The van der Waals surface area contributed by atoms with Crippen molar-refractivity contribution in [2.75, 3.05) is 38.4 Å². The zero-order valence-corrected chi connectivity index (χ0v) is 44.4. The van der Waals surface area contributed by atoms with Gasteiger partial charge in [0.1, 0.15) is 11.2 Å². The van der Waals surface area contributed by atoms with Crippen molar-refractivity contribution < 1.29 is 47.0 Å². The van der Waals surface area contributed by atoms with Crippen molar-refractivity contribution in [3.63, 3.8) is 0 Å². The second kappa shape index (κ2) is 30.3. The molecule has 2 amide bonds. The van der Waals surface area contributed by atoms with Crippen LogP contribution in [0.15, 0.2) is 0 Å². The van der Waals surface area contributed by atoms with Crippen molar-refractivity contribution in [3.8, 4) is 0 Å². The minimum Gasteiger partial charge on any atom is -0.466 e. The highest BCUT2D eigenvalue weighted by Gasteiger charge is 2.39. The smallest absolute Gasteiger partial charge is 0.410 e. The quantitative estimate of drug-likeness (QED) is 0.0397. The molecule has 2 atom stereocenters. The highest BCUT2D eigenvalue weighted by atomic mass is 127. The molecule has 0 bridgehead atoms. The summed E-state index contributed by atoms with van der Waals surface area (Å²) in [7, 11) is -2.10. The van der Waals surface area contributed by atoms with Gasteiger partial charge >= 0.3 is 24.1 Å². The molecule has 0 aromatic carbocycles. The van der Waals surface area contributed by atoms with Crippen LogP contribution in [0.5, 0.6) is 0 Å². The second-order valence-corrected chi connectivity index (χ2v) is 27.8. The third-order valence-electron chi connectivity index (χ3n) is 8.83. The number of alkyl halides is 1. The maximum atomic E-state index is 12.4. The molecule has 0 rings (SSSR count). The summed E-state index contributed by atoms with van der Waals surface area (Å²) in [5.41, 5.74) is -1.10. The summed E-state index contributed by atoms with van der Waals surface area (Å²) >= 11 is 2.15. The Labute approximate surface area is 373 Å². The van der Waals surface area contributed by atoms with Gasteiger partial charge in [0.2, 0.25) is 0 Å². The maximum Gasteiger partial charge on any atom is 0.410 e. The molecular formula is C39H87IN2O10S2Si2. The predicted octanol–water partition coefficient (Wildman–Crippen LogP) is 10.7. The number of hydrogen-bond acceptors (Lipinski definition) is 10. The van der Waals surface area contributed by atoms with Crippen molar-refractivity contribution in [1.29, 1.82) is 0 Å². The maximum absolute atomic E-state index is 12.4. The van der Waals surface area contributed by atoms with E-state index in [1.807, 2.05) is 46.5 Å². The van der Waals surface area contributed by atoms with Gasteiger partial charge in [0.05, 0.1) is 38.5 Å². The number of carbonyl (C=O) groups is 4. The second-order valence-electron chi connectivity index (χ2n) is 18.2. The van der Waals surface area contributed by atoms with E-state index in [2.05, 4.69) is 95.6 Å². The minimum atomic E-state index is -1.92. The molecule has 56 heavy (non-hydrogen) atoms. The molecule has 0 aliphatic heterocycles. The lowest BCUT2D eigenvalue weighted by Gasteiger charge is -2.39. The monoisotopic (exact) mass is 990 g/mol. The van der Waals surface area contributed by atoms with Crippen LogP contribution >= 0.6 is 49.6 Å². The molecule has 0 aliphatic carbocycles. The molecule has 0 spiro atoms. The lowest BCUT2D eigenvalue weighted by molar-refractivity contribution is -0.142. The van der Waals surface area contributed by atoms with Gasteiger partial charge in [-0.15, -0.1) is 0 Å². The molecule has 0 aromatic rings. The Balaban J connectivity index is -0.000000203.